The third-order valence-electron chi connectivity index (χ3n) is 8.09. The summed E-state index contributed by atoms with van der Waals surface area (Å²) >= 11 is 0. The Morgan fingerprint density at radius 2 is 2.09 bits per heavy atom. The molecule has 22 heavy (non-hydrogen) atoms. The molecular formula is C20H23NO. The number of benzene rings is 1. The van der Waals surface area contributed by atoms with Gasteiger partial charge in [0, 0.05) is 12.2 Å². The molecule has 0 radical (unpaired) electrons. The van der Waals surface area contributed by atoms with E-state index in [1.54, 1.807) is 0 Å². The molecule has 114 valence electrons. The molecule has 5 aliphatic rings. The average Bonchev–Trinajstić information content (AvgIpc) is 2.99. The number of hydrogen-bond donors (Lipinski definition) is 0. The average molecular weight is 293 g/mol. The Kier molecular flexibility index (Phi) is 1.90. The number of fused-ring (bicyclic) bond motifs is 2. The van der Waals surface area contributed by atoms with Gasteiger partial charge in [-0.25, -0.2) is 0 Å². The lowest BCUT2D eigenvalue weighted by molar-refractivity contribution is -0.129. The molecule has 5 unspecified atom stereocenters. The molecule has 2 nitrogen and oxygen atoms in total. The Bertz CT molecular complexity index is 720. The van der Waals surface area contributed by atoms with E-state index in [0.29, 0.717) is 5.91 Å². The maximum absolute atomic E-state index is 13.5. The van der Waals surface area contributed by atoms with Crippen LogP contribution in [0.4, 0.5) is 5.69 Å². The van der Waals surface area contributed by atoms with Crippen molar-refractivity contribution >= 4 is 11.6 Å². The summed E-state index contributed by atoms with van der Waals surface area (Å²) in [6.45, 7) is 3.09. The normalized spacial score (nSPS) is 46.0. The van der Waals surface area contributed by atoms with Crippen molar-refractivity contribution in [3.63, 3.8) is 0 Å². The number of rotatable bonds is 1. The van der Waals surface area contributed by atoms with Gasteiger partial charge < -0.3 is 4.90 Å². The minimum Gasteiger partial charge on any atom is -0.311 e. The number of carbonyl (C=O) groups is 1. The van der Waals surface area contributed by atoms with Gasteiger partial charge in [-0.05, 0) is 85.8 Å². The van der Waals surface area contributed by atoms with E-state index in [0.717, 1.165) is 36.1 Å². The first-order valence-electron chi connectivity index (χ1n) is 9.03. The molecule has 5 atom stereocenters. The van der Waals surface area contributed by atoms with Crippen LogP contribution in [-0.4, -0.2) is 12.5 Å². The number of nitrogens with zero attached hydrogens (tertiary/aromatic N) is 1. The first-order valence-corrected chi connectivity index (χ1v) is 9.03. The number of aryl methyl sites for hydroxylation is 1. The molecule has 4 fully saturated rings. The molecule has 1 spiro atoms. The van der Waals surface area contributed by atoms with Crippen LogP contribution in [0, 0.1) is 35.5 Å². The standard InChI is InChI=1S/C20H23NO/c1-12-3-2-4-17-15(12)5-6-21(17)18(22)19-7-13-8-20(16(13)11-19)10-14(20)9-19/h2-4,13-14,16H,5-11H2,1H3. The first-order chi connectivity index (χ1) is 10.6. The lowest BCUT2D eigenvalue weighted by atomic mass is 9.60. The van der Waals surface area contributed by atoms with Crippen LogP contribution in [0.15, 0.2) is 18.2 Å². The van der Waals surface area contributed by atoms with Crippen molar-refractivity contribution in [3.8, 4) is 0 Å². The highest BCUT2D eigenvalue weighted by molar-refractivity contribution is 6.00. The molecule has 0 saturated heterocycles. The van der Waals surface area contributed by atoms with Crippen molar-refractivity contribution in [2.75, 3.05) is 11.4 Å². The fourth-order valence-electron chi connectivity index (χ4n) is 7.07. The maximum atomic E-state index is 13.5. The summed E-state index contributed by atoms with van der Waals surface area (Å²) in [5.74, 6) is 3.17. The largest absolute Gasteiger partial charge is 0.311 e. The Labute approximate surface area is 131 Å². The van der Waals surface area contributed by atoms with Crippen molar-refractivity contribution in [2.45, 2.75) is 45.4 Å². The van der Waals surface area contributed by atoms with Crippen molar-refractivity contribution in [1.82, 2.24) is 0 Å². The lowest BCUT2D eigenvalue weighted by Crippen LogP contribution is -2.44. The molecule has 4 aliphatic carbocycles. The van der Waals surface area contributed by atoms with E-state index < -0.39 is 0 Å². The van der Waals surface area contributed by atoms with Crippen LogP contribution in [0.1, 0.15) is 43.2 Å². The van der Waals surface area contributed by atoms with E-state index in [4.69, 9.17) is 0 Å². The van der Waals surface area contributed by atoms with Gasteiger partial charge in [0.1, 0.15) is 0 Å². The van der Waals surface area contributed by atoms with E-state index in [1.807, 2.05) is 0 Å². The molecule has 1 aromatic rings. The molecule has 2 heteroatoms. The second kappa shape index (κ2) is 3.44. The minimum atomic E-state index is 0.0157. The Balaban J connectivity index is 1.38. The summed E-state index contributed by atoms with van der Waals surface area (Å²) < 4.78 is 0. The number of amides is 1. The van der Waals surface area contributed by atoms with Crippen LogP contribution in [-0.2, 0) is 11.2 Å². The van der Waals surface area contributed by atoms with Gasteiger partial charge >= 0.3 is 0 Å². The van der Waals surface area contributed by atoms with Crippen molar-refractivity contribution in [2.24, 2.45) is 28.6 Å². The third kappa shape index (κ3) is 1.17. The summed E-state index contributed by atoms with van der Waals surface area (Å²) in [7, 11) is 0. The van der Waals surface area contributed by atoms with E-state index in [2.05, 4.69) is 30.0 Å². The SMILES string of the molecule is Cc1cccc2c1CCN2C(=O)C12CC3CC4(CC4C1)C3C2. The van der Waals surface area contributed by atoms with Crippen molar-refractivity contribution in [3.05, 3.63) is 29.3 Å². The van der Waals surface area contributed by atoms with E-state index in [-0.39, 0.29) is 5.41 Å². The van der Waals surface area contributed by atoms with Crippen LogP contribution in [0.5, 0.6) is 0 Å². The number of carbonyl (C=O) groups excluding carboxylic acids is 1. The van der Waals surface area contributed by atoms with Gasteiger partial charge in [-0.1, -0.05) is 12.1 Å². The molecule has 2 bridgehead atoms. The fraction of sp³-hybridized carbons (Fsp3) is 0.650. The highest BCUT2D eigenvalue weighted by atomic mass is 16.2. The molecule has 0 N–H and O–H groups in total. The molecule has 1 aromatic carbocycles. The first kappa shape index (κ1) is 12.2. The van der Waals surface area contributed by atoms with E-state index in [9.17, 15) is 4.79 Å². The lowest BCUT2D eigenvalue weighted by Gasteiger charge is -2.44. The Hall–Kier alpha value is -1.31. The fourth-order valence-corrected chi connectivity index (χ4v) is 7.07. The van der Waals surface area contributed by atoms with Gasteiger partial charge in [0.2, 0.25) is 5.91 Å². The summed E-state index contributed by atoms with van der Waals surface area (Å²) in [5, 5.41) is 0. The van der Waals surface area contributed by atoms with Gasteiger partial charge in [-0.3, -0.25) is 4.79 Å². The van der Waals surface area contributed by atoms with Crippen LogP contribution in [0.3, 0.4) is 0 Å². The molecular weight excluding hydrogens is 270 g/mol. The van der Waals surface area contributed by atoms with Gasteiger partial charge in [0.05, 0.1) is 5.41 Å². The van der Waals surface area contributed by atoms with Crippen LogP contribution < -0.4 is 4.90 Å². The predicted molar refractivity (Wildman–Crippen MR) is 85.7 cm³/mol. The van der Waals surface area contributed by atoms with E-state index >= 15 is 0 Å². The van der Waals surface area contributed by atoms with Crippen LogP contribution in [0.2, 0.25) is 0 Å². The molecule has 4 saturated carbocycles. The van der Waals surface area contributed by atoms with E-state index in [1.165, 1.54) is 48.9 Å². The van der Waals surface area contributed by atoms with Crippen LogP contribution >= 0.6 is 0 Å². The molecule has 1 aliphatic heterocycles. The Morgan fingerprint density at radius 1 is 1.18 bits per heavy atom. The Morgan fingerprint density at radius 3 is 3.00 bits per heavy atom. The predicted octanol–water partition coefficient (Wildman–Crippen LogP) is 3.71. The smallest absolute Gasteiger partial charge is 0.233 e. The molecule has 0 aromatic heterocycles. The second-order valence-electron chi connectivity index (χ2n) is 8.88. The summed E-state index contributed by atoms with van der Waals surface area (Å²) in [6.07, 6.45) is 7.56. The zero-order valence-corrected chi connectivity index (χ0v) is 13.3. The van der Waals surface area contributed by atoms with Gasteiger partial charge in [0.25, 0.3) is 0 Å². The number of hydrogen-bond acceptors (Lipinski definition) is 1. The molecule has 1 heterocycles. The zero-order valence-electron chi connectivity index (χ0n) is 13.3. The summed E-state index contributed by atoms with van der Waals surface area (Å²) in [4.78, 5) is 15.7. The summed E-state index contributed by atoms with van der Waals surface area (Å²) in [6, 6.07) is 6.46. The van der Waals surface area contributed by atoms with Gasteiger partial charge in [-0.15, -0.1) is 0 Å². The zero-order chi connectivity index (χ0) is 14.7. The number of anilines is 1. The highest BCUT2D eigenvalue weighted by Crippen LogP contribution is 2.83. The molecule has 1 amide bonds. The summed E-state index contributed by atoms with van der Waals surface area (Å²) in [5.41, 5.74) is 4.73. The monoisotopic (exact) mass is 293 g/mol. The van der Waals surface area contributed by atoms with Crippen molar-refractivity contribution < 1.29 is 4.79 Å². The topological polar surface area (TPSA) is 20.3 Å². The quantitative estimate of drug-likeness (QED) is 0.773. The highest BCUT2D eigenvalue weighted by Gasteiger charge is 2.77. The van der Waals surface area contributed by atoms with Crippen LogP contribution in [0.25, 0.3) is 0 Å². The van der Waals surface area contributed by atoms with Crippen molar-refractivity contribution in [1.29, 1.82) is 0 Å². The molecule has 6 rings (SSSR count). The minimum absolute atomic E-state index is 0.0157. The maximum Gasteiger partial charge on any atom is 0.233 e. The second-order valence-corrected chi connectivity index (χ2v) is 8.88. The van der Waals surface area contributed by atoms with Gasteiger partial charge in [0.15, 0.2) is 0 Å². The van der Waals surface area contributed by atoms with Gasteiger partial charge in [-0.2, -0.15) is 0 Å². The third-order valence-corrected chi connectivity index (χ3v) is 8.09.